The lowest BCUT2D eigenvalue weighted by Gasteiger charge is -2.50. The molecule has 3 rings (SSSR count). The van der Waals surface area contributed by atoms with Gasteiger partial charge in [-0.3, -0.25) is 9.59 Å². The summed E-state index contributed by atoms with van der Waals surface area (Å²) in [6.45, 7) is 15.6. The van der Waals surface area contributed by atoms with E-state index in [1.165, 1.54) is 31.8 Å². The maximum absolute atomic E-state index is 14.0. The van der Waals surface area contributed by atoms with E-state index in [1.807, 2.05) is 0 Å². The third kappa shape index (κ3) is 7.03. The number of methoxy groups -OCH3 is 1. The van der Waals surface area contributed by atoms with Crippen LogP contribution >= 0.6 is 11.2 Å². The van der Waals surface area contributed by atoms with E-state index in [0.717, 1.165) is 12.1 Å². The van der Waals surface area contributed by atoms with Gasteiger partial charge in [-0.05, 0) is 28.8 Å². The molecular weight excluding hydrogens is 591 g/mol. The number of rotatable bonds is 11. The van der Waals surface area contributed by atoms with E-state index < -0.39 is 66.4 Å². The van der Waals surface area contributed by atoms with Gasteiger partial charge in [0.1, 0.15) is 43.2 Å². The van der Waals surface area contributed by atoms with Crippen molar-refractivity contribution >= 4 is 30.4 Å². The van der Waals surface area contributed by atoms with E-state index >= 15 is 0 Å². The molecule has 234 valence electrons. The molecule has 2 heterocycles. The topological polar surface area (TPSA) is 102 Å². The zero-order chi connectivity index (χ0) is 31.5. The van der Waals surface area contributed by atoms with Crippen LogP contribution in [0.4, 0.5) is 13.2 Å². The minimum absolute atomic E-state index is 0.0315. The zero-order valence-corrected chi connectivity index (χ0v) is 27.2. The lowest BCUT2D eigenvalue weighted by molar-refractivity contribution is -0.208. The maximum atomic E-state index is 14.0. The van der Waals surface area contributed by atoms with E-state index in [2.05, 4.69) is 51.9 Å². The van der Waals surface area contributed by atoms with Gasteiger partial charge < -0.3 is 18.9 Å². The predicted octanol–water partition coefficient (Wildman–Crippen LogP) is 6.05. The minimum Gasteiger partial charge on any atom is -0.463 e. The van der Waals surface area contributed by atoms with Gasteiger partial charge in [-0.2, -0.15) is 11.2 Å². The van der Waals surface area contributed by atoms with Crippen molar-refractivity contribution in [2.24, 2.45) is 0 Å². The Labute approximate surface area is 249 Å². The SMILES string of the molecule is CO[C@@H]1[C@@H](n2cc(-c3cc(F)c(F)c(F)c3)nn2)[C@@H](OC(C)=O)[C@@H](COC(C)=O)O[C@H]1S[Si](C(C)C)(C(C)C)C(C)C. The van der Waals surface area contributed by atoms with Crippen LogP contribution in [0.15, 0.2) is 18.3 Å². The molecule has 0 unspecified atom stereocenters. The van der Waals surface area contributed by atoms with Crippen LogP contribution in [-0.4, -0.2) is 71.6 Å². The number of carbonyl (C=O) groups is 2. The first-order chi connectivity index (χ1) is 19.6. The highest BCUT2D eigenvalue weighted by Crippen LogP contribution is 2.53. The Bertz CT molecular complexity index is 1220. The Morgan fingerprint density at radius 3 is 2.05 bits per heavy atom. The fourth-order valence-corrected chi connectivity index (χ4v) is 16.1. The summed E-state index contributed by atoms with van der Waals surface area (Å²) in [7, 11) is -0.654. The third-order valence-electron chi connectivity index (χ3n) is 7.76. The van der Waals surface area contributed by atoms with Gasteiger partial charge in [-0.15, -0.1) is 5.10 Å². The summed E-state index contributed by atoms with van der Waals surface area (Å²) in [5, 5.41) is 8.29. The van der Waals surface area contributed by atoms with Gasteiger partial charge in [0.15, 0.2) is 23.6 Å². The Morgan fingerprint density at radius 2 is 1.57 bits per heavy atom. The summed E-state index contributed by atoms with van der Waals surface area (Å²) in [6.07, 6.45) is -1.23. The number of esters is 2. The molecule has 5 atom stereocenters. The summed E-state index contributed by atoms with van der Waals surface area (Å²) in [6, 6.07) is 0.814. The summed E-state index contributed by atoms with van der Waals surface area (Å²) in [5.41, 5.74) is 0.534. The molecule has 9 nitrogen and oxygen atoms in total. The zero-order valence-electron chi connectivity index (χ0n) is 25.4. The van der Waals surface area contributed by atoms with Crippen LogP contribution in [0, 0.1) is 17.5 Å². The van der Waals surface area contributed by atoms with Crippen molar-refractivity contribution in [3.05, 3.63) is 35.8 Å². The summed E-state index contributed by atoms with van der Waals surface area (Å²) in [4.78, 5) is 24.1. The highest BCUT2D eigenvalue weighted by atomic mass is 32.4. The van der Waals surface area contributed by atoms with Crippen LogP contribution in [0.2, 0.25) is 16.6 Å². The van der Waals surface area contributed by atoms with E-state index in [1.54, 1.807) is 11.2 Å². The van der Waals surface area contributed by atoms with Gasteiger partial charge in [0.25, 0.3) is 0 Å². The maximum Gasteiger partial charge on any atom is 0.303 e. The van der Waals surface area contributed by atoms with Crippen molar-refractivity contribution < 1.29 is 41.7 Å². The summed E-state index contributed by atoms with van der Waals surface area (Å²) >= 11 is 1.74. The first-order valence-corrected chi connectivity index (χ1v) is 17.7. The first-order valence-electron chi connectivity index (χ1n) is 13.9. The second-order valence-electron chi connectivity index (χ2n) is 11.4. The quantitative estimate of drug-likeness (QED) is 0.167. The summed E-state index contributed by atoms with van der Waals surface area (Å²) < 4.78 is 66.7. The highest BCUT2D eigenvalue weighted by molar-refractivity contribution is 8.29. The molecule has 0 radical (unpaired) electrons. The van der Waals surface area contributed by atoms with Crippen molar-refractivity contribution in [2.75, 3.05) is 13.7 Å². The van der Waals surface area contributed by atoms with Crippen LogP contribution < -0.4 is 0 Å². The molecule has 0 N–H and O–H groups in total. The minimum atomic E-state index is -2.17. The fourth-order valence-electron chi connectivity index (χ4n) is 6.08. The van der Waals surface area contributed by atoms with Crippen LogP contribution in [-0.2, 0) is 28.5 Å². The molecule has 0 saturated carbocycles. The van der Waals surface area contributed by atoms with E-state index in [4.69, 9.17) is 18.9 Å². The number of aromatic nitrogens is 3. The lowest BCUT2D eigenvalue weighted by Crippen LogP contribution is -2.59. The predicted molar refractivity (Wildman–Crippen MR) is 155 cm³/mol. The largest absolute Gasteiger partial charge is 0.463 e. The molecule has 1 aromatic heterocycles. The first kappa shape index (κ1) is 34.1. The number of ether oxygens (including phenoxy) is 4. The Balaban J connectivity index is 2.16. The Kier molecular flexibility index (Phi) is 11.3. The second-order valence-corrected chi connectivity index (χ2v) is 20.1. The number of hydrogen-bond acceptors (Lipinski definition) is 9. The average molecular weight is 632 g/mol. The van der Waals surface area contributed by atoms with Crippen molar-refractivity contribution in [3.63, 3.8) is 0 Å². The van der Waals surface area contributed by atoms with Gasteiger partial charge in [0.2, 0.25) is 0 Å². The van der Waals surface area contributed by atoms with Crippen molar-refractivity contribution in [2.45, 2.75) is 102 Å². The molecule has 0 aliphatic carbocycles. The van der Waals surface area contributed by atoms with Crippen LogP contribution in [0.25, 0.3) is 11.3 Å². The van der Waals surface area contributed by atoms with Gasteiger partial charge in [-0.25, -0.2) is 17.9 Å². The monoisotopic (exact) mass is 631 g/mol. The molecule has 1 saturated heterocycles. The Morgan fingerprint density at radius 1 is 1.00 bits per heavy atom. The van der Waals surface area contributed by atoms with Crippen LogP contribution in [0.5, 0.6) is 0 Å². The van der Waals surface area contributed by atoms with Gasteiger partial charge in [0.05, 0.1) is 6.20 Å². The third-order valence-corrected chi connectivity index (χ3v) is 20.4. The number of nitrogens with zero attached hydrogens (tertiary/aromatic N) is 3. The van der Waals surface area contributed by atoms with Crippen molar-refractivity contribution in [3.8, 4) is 11.3 Å². The second kappa shape index (κ2) is 13.9. The standard InChI is InChI=1S/C28H40F3N3O6SSi/c1-14(2)42(15(3)4,16(5)6)41-28-27(37-9)25(26(39-18(8)36)23(40-28)13-38-17(7)35)34-12-22(32-33-34)19-10-20(29)24(31)21(30)11-19/h10-12,14-16,23,25-28H,13H2,1-9H3/t23-,25+,26+,27-,28+/m1/s1. The molecule has 42 heavy (non-hydrogen) atoms. The molecule has 0 spiro atoms. The molecule has 1 fully saturated rings. The van der Waals surface area contributed by atoms with Crippen LogP contribution in [0.3, 0.4) is 0 Å². The Hall–Kier alpha value is -2.42. The molecule has 0 amide bonds. The van der Waals surface area contributed by atoms with Gasteiger partial charge in [-0.1, -0.05) is 46.8 Å². The molecule has 2 aromatic rings. The molecule has 1 aliphatic rings. The number of benzene rings is 1. The van der Waals surface area contributed by atoms with E-state index in [0.29, 0.717) is 16.6 Å². The number of carbonyl (C=O) groups excluding carboxylic acids is 2. The molecule has 0 bridgehead atoms. The normalized spacial score (nSPS) is 23.1. The van der Waals surface area contributed by atoms with Crippen molar-refractivity contribution in [1.29, 1.82) is 0 Å². The summed E-state index contributed by atoms with van der Waals surface area (Å²) in [5.74, 6) is -5.47. The van der Waals surface area contributed by atoms with Gasteiger partial charge >= 0.3 is 11.9 Å². The van der Waals surface area contributed by atoms with E-state index in [-0.39, 0.29) is 17.9 Å². The number of hydrogen-bond donors (Lipinski definition) is 0. The molecular formula is C28H40F3N3O6SSi. The van der Waals surface area contributed by atoms with E-state index in [9.17, 15) is 22.8 Å². The molecule has 1 aromatic carbocycles. The molecule has 1 aliphatic heterocycles. The fraction of sp³-hybridized carbons (Fsp3) is 0.643. The average Bonchev–Trinajstić information content (AvgIpc) is 3.38. The molecule has 14 heteroatoms. The smallest absolute Gasteiger partial charge is 0.303 e. The highest BCUT2D eigenvalue weighted by Gasteiger charge is 2.55. The number of halogens is 3. The van der Waals surface area contributed by atoms with Gasteiger partial charge in [0, 0.05) is 26.5 Å². The lowest BCUT2D eigenvalue weighted by atomic mass is 9.96. The van der Waals surface area contributed by atoms with Crippen LogP contribution in [0.1, 0.15) is 61.4 Å². The van der Waals surface area contributed by atoms with Crippen molar-refractivity contribution in [1.82, 2.24) is 15.0 Å².